The molecular formula is C15H16F3N3O. The quantitative estimate of drug-likeness (QED) is 0.942. The highest BCUT2D eigenvalue weighted by atomic mass is 19.4. The van der Waals surface area contributed by atoms with Gasteiger partial charge in [0.25, 0.3) is 0 Å². The smallest absolute Gasteiger partial charge is 0.311 e. The van der Waals surface area contributed by atoms with E-state index in [1.165, 1.54) is 16.8 Å². The normalized spacial score (nSPS) is 11.5. The molecule has 0 atom stereocenters. The van der Waals surface area contributed by atoms with Crippen molar-refractivity contribution in [1.82, 2.24) is 9.78 Å². The Labute approximate surface area is 125 Å². The van der Waals surface area contributed by atoms with E-state index in [0.29, 0.717) is 11.4 Å². The molecule has 1 N–H and O–H groups in total. The van der Waals surface area contributed by atoms with Crippen LogP contribution in [-0.2, 0) is 30.9 Å². The van der Waals surface area contributed by atoms with Gasteiger partial charge in [0.15, 0.2) is 0 Å². The van der Waals surface area contributed by atoms with E-state index in [-0.39, 0.29) is 12.3 Å². The van der Waals surface area contributed by atoms with Gasteiger partial charge < -0.3 is 5.32 Å². The van der Waals surface area contributed by atoms with E-state index in [4.69, 9.17) is 0 Å². The molecule has 4 nitrogen and oxygen atoms in total. The Kier molecular flexibility index (Phi) is 4.54. The van der Waals surface area contributed by atoms with Crippen LogP contribution in [0.2, 0.25) is 0 Å². The van der Waals surface area contributed by atoms with E-state index in [9.17, 15) is 18.0 Å². The van der Waals surface area contributed by atoms with Crippen LogP contribution in [0.4, 0.5) is 19.0 Å². The number of rotatable bonds is 4. The van der Waals surface area contributed by atoms with Crippen molar-refractivity contribution in [2.75, 3.05) is 5.32 Å². The van der Waals surface area contributed by atoms with Crippen molar-refractivity contribution in [3.8, 4) is 0 Å². The van der Waals surface area contributed by atoms with Crippen molar-refractivity contribution in [2.24, 2.45) is 7.05 Å². The van der Waals surface area contributed by atoms with E-state index >= 15 is 0 Å². The van der Waals surface area contributed by atoms with E-state index in [1.807, 2.05) is 6.92 Å². The third-order valence-electron chi connectivity index (χ3n) is 3.18. The van der Waals surface area contributed by atoms with Gasteiger partial charge in [-0.3, -0.25) is 9.48 Å². The number of carbonyl (C=O) groups is 1. The molecule has 1 heterocycles. The van der Waals surface area contributed by atoms with Crippen molar-refractivity contribution in [3.63, 3.8) is 0 Å². The molecule has 0 fully saturated rings. The molecule has 0 saturated heterocycles. The summed E-state index contributed by atoms with van der Waals surface area (Å²) in [6, 6.07) is 6.50. The number of nitrogens with zero attached hydrogens (tertiary/aromatic N) is 2. The maximum Gasteiger partial charge on any atom is 0.416 e. The van der Waals surface area contributed by atoms with Gasteiger partial charge in [0.05, 0.1) is 17.7 Å². The Morgan fingerprint density at radius 3 is 2.64 bits per heavy atom. The summed E-state index contributed by atoms with van der Waals surface area (Å²) in [5.74, 6) is 0.138. The first-order valence-electron chi connectivity index (χ1n) is 6.78. The van der Waals surface area contributed by atoms with Crippen molar-refractivity contribution < 1.29 is 18.0 Å². The molecule has 0 bridgehead atoms. The summed E-state index contributed by atoms with van der Waals surface area (Å²) < 4.78 is 39.4. The summed E-state index contributed by atoms with van der Waals surface area (Å²) in [6.07, 6.45) is -3.81. The van der Waals surface area contributed by atoms with Crippen LogP contribution in [0.1, 0.15) is 23.7 Å². The molecule has 1 aromatic heterocycles. The number of hydrogen-bond donors (Lipinski definition) is 1. The first-order chi connectivity index (χ1) is 10.3. The van der Waals surface area contributed by atoms with E-state index < -0.39 is 11.7 Å². The van der Waals surface area contributed by atoms with Gasteiger partial charge in [0.1, 0.15) is 5.82 Å². The lowest BCUT2D eigenvalue weighted by molar-refractivity contribution is -0.137. The molecule has 2 aromatic rings. The second kappa shape index (κ2) is 6.21. The van der Waals surface area contributed by atoms with Crippen LogP contribution in [-0.4, -0.2) is 15.7 Å². The topological polar surface area (TPSA) is 46.9 Å². The number of nitrogens with one attached hydrogen (secondary N) is 1. The number of carbonyl (C=O) groups excluding carboxylic acids is 1. The number of halogens is 3. The Morgan fingerprint density at radius 1 is 1.32 bits per heavy atom. The number of hydrogen-bond acceptors (Lipinski definition) is 2. The second-order valence-electron chi connectivity index (χ2n) is 4.92. The maximum atomic E-state index is 12.6. The van der Waals surface area contributed by atoms with Gasteiger partial charge in [-0.25, -0.2) is 0 Å². The summed E-state index contributed by atoms with van der Waals surface area (Å²) in [5, 5.41) is 6.84. The molecule has 0 aliphatic rings. The first kappa shape index (κ1) is 16.1. The van der Waals surface area contributed by atoms with Gasteiger partial charge in [-0.1, -0.05) is 25.1 Å². The number of aryl methyl sites for hydroxylation is 2. The van der Waals surface area contributed by atoms with Crippen LogP contribution in [0, 0.1) is 0 Å². The van der Waals surface area contributed by atoms with Crippen LogP contribution >= 0.6 is 0 Å². The van der Waals surface area contributed by atoms with Crippen LogP contribution in [0.5, 0.6) is 0 Å². The van der Waals surface area contributed by atoms with Crippen molar-refractivity contribution in [3.05, 3.63) is 47.2 Å². The lowest BCUT2D eigenvalue weighted by Gasteiger charge is -2.09. The molecule has 118 valence electrons. The Hall–Kier alpha value is -2.31. The largest absolute Gasteiger partial charge is 0.416 e. The molecule has 22 heavy (non-hydrogen) atoms. The fourth-order valence-corrected chi connectivity index (χ4v) is 2.05. The summed E-state index contributed by atoms with van der Waals surface area (Å²) in [6.45, 7) is 1.94. The summed E-state index contributed by atoms with van der Waals surface area (Å²) in [5.41, 5.74) is 0.383. The number of amides is 1. The van der Waals surface area contributed by atoms with Gasteiger partial charge in [-0.2, -0.15) is 18.3 Å². The Morgan fingerprint density at radius 2 is 2.05 bits per heavy atom. The highest BCUT2D eigenvalue weighted by Crippen LogP contribution is 2.29. The standard InChI is InChI=1S/C15H16F3N3O/c1-3-12-9-13(21(2)20-12)19-14(22)8-10-5-4-6-11(7-10)15(16,17)18/h4-7,9H,3,8H2,1-2H3,(H,19,22). The maximum absolute atomic E-state index is 12.6. The minimum atomic E-state index is -4.41. The average molecular weight is 311 g/mol. The summed E-state index contributed by atoms with van der Waals surface area (Å²) in [7, 11) is 1.69. The molecule has 0 aliphatic carbocycles. The van der Waals surface area contributed by atoms with Crippen molar-refractivity contribution in [1.29, 1.82) is 0 Å². The molecule has 2 rings (SSSR count). The Balaban J connectivity index is 2.07. The molecular weight excluding hydrogens is 295 g/mol. The lowest BCUT2D eigenvalue weighted by Crippen LogP contribution is -2.17. The molecule has 0 spiro atoms. The van der Waals surface area contributed by atoms with Crippen molar-refractivity contribution >= 4 is 11.7 Å². The summed E-state index contributed by atoms with van der Waals surface area (Å²) >= 11 is 0. The SMILES string of the molecule is CCc1cc(NC(=O)Cc2cccc(C(F)(F)F)c2)n(C)n1. The van der Waals surface area contributed by atoms with Gasteiger partial charge in [-0.05, 0) is 18.1 Å². The zero-order chi connectivity index (χ0) is 16.3. The van der Waals surface area contributed by atoms with E-state index in [2.05, 4.69) is 10.4 Å². The van der Waals surface area contributed by atoms with Crippen LogP contribution in [0.3, 0.4) is 0 Å². The Bertz CT molecular complexity index is 677. The number of benzene rings is 1. The third-order valence-corrected chi connectivity index (χ3v) is 3.18. The van der Waals surface area contributed by atoms with Gasteiger partial charge >= 0.3 is 6.18 Å². The highest BCUT2D eigenvalue weighted by molar-refractivity contribution is 5.91. The fraction of sp³-hybridized carbons (Fsp3) is 0.333. The van der Waals surface area contributed by atoms with Crippen LogP contribution < -0.4 is 5.32 Å². The number of anilines is 1. The van der Waals surface area contributed by atoms with E-state index in [0.717, 1.165) is 24.2 Å². The average Bonchev–Trinajstić information content (AvgIpc) is 2.78. The molecule has 0 aliphatic heterocycles. The van der Waals surface area contributed by atoms with Crippen molar-refractivity contribution in [2.45, 2.75) is 25.9 Å². The second-order valence-corrected chi connectivity index (χ2v) is 4.92. The molecule has 1 aromatic carbocycles. The van der Waals surface area contributed by atoms with Crippen LogP contribution in [0.15, 0.2) is 30.3 Å². The van der Waals surface area contributed by atoms with E-state index in [1.54, 1.807) is 13.1 Å². The zero-order valence-electron chi connectivity index (χ0n) is 12.2. The summed E-state index contributed by atoms with van der Waals surface area (Å²) in [4.78, 5) is 12.0. The molecule has 7 heteroatoms. The predicted molar refractivity (Wildman–Crippen MR) is 76.4 cm³/mol. The zero-order valence-corrected chi connectivity index (χ0v) is 12.2. The lowest BCUT2D eigenvalue weighted by atomic mass is 10.1. The van der Waals surface area contributed by atoms with Gasteiger partial charge in [0, 0.05) is 13.1 Å². The minimum absolute atomic E-state index is 0.128. The molecule has 0 radical (unpaired) electrons. The minimum Gasteiger partial charge on any atom is -0.311 e. The predicted octanol–water partition coefficient (Wildman–Crippen LogP) is 3.18. The fourth-order valence-electron chi connectivity index (χ4n) is 2.05. The first-order valence-corrected chi connectivity index (χ1v) is 6.78. The van der Waals surface area contributed by atoms with Gasteiger partial charge in [0.2, 0.25) is 5.91 Å². The molecule has 0 saturated carbocycles. The number of aromatic nitrogens is 2. The monoisotopic (exact) mass is 311 g/mol. The van der Waals surface area contributed by atoms with Crippen LogP contribution in [0.25, 0.3) is 0 Å². The molecule has 0 unspecified atom stereocenters. The third kappa shape index (κ3) is 3.87. The molecule has 1 amide bonds. The highest BCUT2D eigenvalue weighted by Gasteiger charge is 2.30. The number of alkyl halides is 3. The van der Waals surface area contributed by atoms with Gasteiger partial charge in [-0.15, -0.1) is 0 Å².